The molecular formula is C14H11BrClN5. The largest absolute Gasteiger partial charge is 0.398 e. The molecule has 0 atom stereocenters. The second kappa shape index (κ2) is 5.46. The van der Waals surface area contributed by atoms with Crippen molar-refractivity contribution in [1.82, 2.24) is 20.2 Å². The van der Waals surface area contributed by atoms with Gasteiger partial charge in [-0.15, -0.1) is 5.10 Å². The summed E-state index contributed by atoms with van der Waals surface area (Å²) in [6.45, 7) is 2.01. The normalized spacial score (nSPS) is 10.8. The van der Waals surface area contributed by atoms with Crippen LogP contribution >= 0.6 is 27.5 Å². The van der Waals surface area contributed by atoms with Crippen molar-refractivity contribution in [3.63, 3.8) is 0 Å². The maximum absolute atomic E-state index is 6.27. The first-order valence-electron chi connectivity index (χ1n) is 6.17. The van der Waals surface area contributed by atoms with E-state index in [9.17, 15) is 0 Å². The molecule has 0 unspecified atom stereocenters. The van der Waals surface area contributed by atoms with Crippen LogP contribution in [0.3, 0.4) is 0 Å². The van der Waals surface area contributed by atoms with Gasteiger partial charge in [-0.3, -0.25) is 0 Å². The predicted octanol–water partition coefficient (Wildman–Crippen LogP) is 3.64. The number of nitrogen functional groups attached to an aromatic ring is 1. The van der Waals surface area contributed by atoms with E-state index in [-0.39, 0.29) is 0 Å². The SMILES string of the molecule is Cc1ccc(Br)c(-n2nnnc2-c2cccc(N)c2Cl)c1. The Hall–Kier alpha value is -1.92. The zero-order valence-electron chi connectivity index (χ0n) is 11.1. The van der Waals surface area contributed by atoms with E-state index in [1.54, 1.807) is 10.7 Å². The number of aromatic nitrogens is 4. The highest BCUT2D eigenvalue weighted by molar-refractivity contribution is 9.10. The molecule has 5 nitrogen and oxygen atoms in total. The van der Waals surface area contributed by atoms with Crippen LogP contribution in [0.25, 0.3) is 17.1 Å². The number of benzene rings is 2. The van der Waals surface area contributed by atoms with Gasteiger partial charge in [0.1, 0.15) is 0 Å². The van der Waals surface area contributed by atoms with Gasteiger partial charge in [-0.25, -0.2) is 0 Å². The maximum Gasteiger partial charge on any atom is 0.188 e. The first kappa shape index (κ1) is 14.0. The number of tetrazole rings is 1. The fraction of sp³-hybridized carbons (Fsp3) is 0.0714. The third-order valence-electron chi connectivity index (χ3n) is 3.07. The average Bonchev–Trinajstić information content (AvgIpc) is 2.93. The van der Waals surface area contributed by atoms with Crippen LogP contribution in [0.5, 0.6) is 0 Å². The Balaban J connectivity index is 2.22. The molecule has 106 valence electrons. The molecule has 3 rings (SSSR count). The lowest BCUT2D eigenvalue weighted by molar-refractivity contribution is 0.788. The number of rotatable bonds is 2. The van der Waals surface area contributed by atoms with Gasteiger partial charge in [-0.2, -0.15) is 4.68 Å². The molecule has 1 aromatic heterocycles. The molecular weight excluding hydrogens is 354 g/mol. The molecule has 2 aromatic carbocycles. The third kappa shape index (κ3) is 2.52. The fourth-order valence-electron chi connectivity index (χ4n) is 2.02. The molecule has 0 fully saturated rings. The van der Waals surface area contributed by atoms with Crippen LogP contribution in [0.2, 0.25) is 5.02 Å². The minimum Gasteiger partial charge on any atom is -0.398 e. The van der Waals surface area contributed by atoms with E-state index in [2.05, 4.69) is 31.5 Å². The van der Waals surface area contributed by atoms with Crippen LogP contribution in [0.1, 0.15) is 5.56 Å². The van der Waals surface area contributed by atoms with Crippen molar-refractivity contribution >= 4 is 33.2 Å². The average molecular weight is 365 g/mol. The molecule has 0 spiro atoms. The van der Waals surface area contributed by atoms with Crippen molar-refractivity contribution in [3.8, 4) is 17.1 Å². The van der Waals surface area contributed by atoms with Crippen molar-refractivity contribution in [2.24, 2.45) is 0 Å². The molecule has 21 heavy (non-hydrogen) atoms. The van der Waals surface area contributed by atoms with Gasteiger partial charge in [0.15, 0.2) is 5.82 Å². The Kier molecular flexibility index (Phi) is 3.65. The van der Waals surface area contributed by atoms with Crippen molar-refractivity contribution in [3.05, 3.63) is 51.5 Å². The minimum atomic E-state index is 0.442. The van der Waals surface area contributed by atoms with Crippen LogP contribution in [-0.2, 0) is 0 Å². The Morgan fingerprint density at radius 3 is 2.86 bits per heavy atom. The minimum absolute atomic E-state index is 0.442. The van der Waals surface area contributed by atoms with Crippen molar-refractivity contribution in [2.75, 3.05) is 5.73 Å². The first-order valence-corrected chi connectivity index (χ1v) is 7.34. The van der Waals surface area contributed by atoms with E-state index in [0.717, 1.165) is 15.7 Å². The van der Waals surface area contributed by atoms with Crippen LogP contribution in [0.4, 0.5) is 5.69 Å². The van der Waals surface area contributed by atoms with E-state index in [4.69, 9.17) is 17.3 Å². The first-order chi connectivity index (χ1) is 10.1. The van der Waals surface area contributed by atoms with Gasteiger partial charge < -0.3 is 5.73 Å². The van der Waals surface area contributed by atoms with E-state index in [1.807, 2.05) is 37.3 Å². The summed E-state index contributed by atoms with van der Waals surface area (Å²) < 4.78 is 2.53. The van der Waals surface area contributed by atoms with E-state index in [0.29, 0.717) is 22.1 Å². The van der Waals surface area contributed by atoms with E-state index < -0.39 is 0 Å². The quantitative estimate of drug-likeness (QED) is 0.705. The Morgan fingerprint density at radius 1 is 1.24 bits per heavy atom. The number of nitrogens with zero attached hydrogens (tertiary/aromatic N) is 4. The summed E-state index contributed by atoms with van der Waals surface area (Å²) in [6, 6.07) is 11.3. The highest BCUT2D eigenvalue weighted by Crippen LogP contribution is 2.32. The van der Waals surface area contributed by atoms with Gasteiger partial charge in [0.25, 0.3) is 0 Å². The van der Waals surface area contributed by atoms with Crippen LogP contribution in [0, 0.1) is 6.92 Å². The lowest BCUT2D eigenvalue weighted by atomic mass is 10.1. The number of hydrogen-bond acceptors (Lipinski definition) is 4. The van der Waals surface area contributed by atoms with Crippen LogP contribution in [0.15, 0.2) is 40.9 Å². The molecule has 1 heterocycles. The van der Waals surface area contributed by atoms with Crippen molar-refractivity contribution < 1.29 is 0 Å². The third-order valence-corrected chi connectivity index (χ3v) is 4.16. The van der Waals surface area contributed by atoms with Crippen molar-refractivity contribution in [2.45, 2.75) is 6.92 Å². The summed E-state index contributed by atoms with van der Waals surface area (Å²) >= 11 is 9.79. The molecule has 0 amide bonds. The summed E-state index contributed by atoms with van der Waals surface area (Å²) in [6.07, 6.45) is 0. The van der Waals surface area contributed by atoms with Gasteiger partial charge in [-0.1, -0.05) is 23.7 Å². The Bertz CT molecular complexity index is 798. The number of halogens is 2. The van der Waals surface area contributed by atoms with Gasteiger partial charge in [0.2, 0.25) is 0 Å². The lowest BCUT2D eigenvalue weighted by Gasteiger charge is -2.09. The monoisotopic (exact) mass is 363 g/mol. The highest BCUT2D eigenvalue weighted by Gasteiger charge is 2.16. The zero-order valence-corrected chi connectivity index (χ0v) is 13.4. The van der Waals surface area contributed by atoms with Gasteiger partial charge >= 0.3 is 0 Å². The molecule has 0 radical (unpaired) electrons. The summed E-state index contributed by atoms with van der Waals surface area (Å²) in [5.74, 6) is 0.540. The topological polar surface area (TPSA) is 69.6 Å². The highest BCUT2D eigenvalue weighted by atomic mass is 79.9. The summed E-state index contributed by atoms with van der Waals surface area (Å²) in [7, 11) is 0. The van der Waals surface area contributed by atoms with E-state index in [1.165, 1.54) is 0 Å². The molecule has 3 aromatic rings. The maximum atomic E-state index is 6.27. The Morgan fingerprint density at radius 2 is 2.05 bits per heavy atom. The summed E-state index contributed by atoms with van der Waals surface area (Å²) in [5, 5.41) is 12.3. The van der Waals surface area contributed by atoms with Gasteiger partial charge in [0, 0.05) is 10.0 Å². The second-order valence-electron chi connectivity index (χ2n) is 4.58. The summed E-state index contributed by atoms with van der Waals surface area (Å²) in [5.41, 5.74) is 8.98. The smallest absolute Gasteiger partial charge is 0.188 e. The standard InChI is InChI=1S/C14H11BrClN5/c1-8-5-6-10(15)12(7-8)21-14(18-19-20-21)9-3-2-4-11(17)13(9)16/h2-7H,17H2,1H3. The molecule has 0 saturated carbocycles. The zero-order chi connectivity index (χ0) is 15.0. The van der Waals surface area contributed by atoms with Gasteiger partial charge in [-0.05, 0) is 63.1 Å². The molecule has 2 N–H and O–H groups in total. The summed E-state index contributed by atoms with van der Waals surface area (Å²) in [4.78, 5) is 0. The van der Waals surface area contributed by atoms with Gasteiger partial charge in [0.05, 0.1) is 16.4 Å². The number of nitrogens with two attached hydrogens (primary N) is 1. The molecule has 0 aliphatic heterocycles. The molecule has 0 bridgehead atoms. The lowest BCUT2D eigenvalue weighted by Crippen LogP contribution is -2.02. The predicted molar refractivity (Wildman–Crippen MR) is 86.4 cm³/mol. The molecule has 7 heteroatoms. The fourth-order valence-corrected chi connectivity index (χ4v) is 2.65. The molecule has 0 saturated heterocycles. The molecule has 0 aliphatic carbocycles. The molecule has 0 aliphatic rings. The number of aryl methyl sites for hydroxylation is 1. The second-order valence-corrected chi connectivity index (χ2v) is 5.81. The number of anilines is 1. The van der Waals surface area contributed by atoms with Crippen molar-refractivity contribution in [1.29, 1.82) is 0 Å². The Labute approximate surface area is 134 Å². The van der Waals surface area contributed by atoms with Crippen LogP contribution < -0.4 is 5.73 Å². The number of hydrogen-bond donors (Lipinski definition) is 1. The van der Waals surface area contributed by atoms with Crippen LogP contribution in [-0.4, -0.2) is 20.2 Å². The van der Waals surface area contributed by atoms with E-state index >= 15 is 0 Å².